The topological polar surface area (TPSA) is 32.3 Å². The third kappa shape index (κ3) is 2.33. The largest absolute Gasteiger partial charge is 0.353 e. The molecule has 2 aliphatic rings. The van der Waals surface area contributed by atoms with Crippen molar-refractivity contribution < 1.29 is 4.79 Å². The lowest BCUT2D eigenvalue weighted by Crippen LogP contribution is -2.56. The van der Waals surface area contributed by atoms with Crippen LogP contribution in [0.25, 0.3) is 0 Å². The Bertz CT molecular complexity index is 242. The molecule has 0 aromatic rings. The number of piperidine rings is 1. The molecule has 1 aliphatic carbocycles. The van der Waals surface area contributed by atoms with Gasteiger partial charge in [0.1, 0.15) is 0 Å². The van der Waals surface area contributed by atoms with E-state index < -0.39 is 0 Å². The quantitative estimate of drug-likeness (QED) is 0.709. The first-order chi connectivity index (χ1) is 7.18. The number of hydrogen-bond acceptors (Lipinski definition) is 2. The first-order valence-corrected chi connectivity index (χ1v) is 6.16. The molecule has 2 rings (SSSR count). The SMILES string of the molecule is CC(=O)N[C@@H]1CCN(C)[C@H]2CCCC[C@@H]12. The molecule has 3 nitrogen and oxygen atoms in total. The lowest BCUT2D eigenvalue weighted by Gasteiger charge is -2.46. The molecule has 1 heterocycles. The highest BCUT2D eigenvalue weighted by Crippen LogP contribution is 2.34. The fourth-order valence-corrected chi connectivity index (χ4v) is 3.32. The molecule has 0 aromatic carbocycles. The predicted octanol–water partition coefficient (Wildman–Crippen LogP) is 1.39. The van der Waals surface area contributed by atoms with Crippen LogP contribution in [0.15, 0.2) is 0 Å². The fraction of sp³-hybridized carbons (Fsp3) is 0.917. The first kappa shape index (κ1) is 10.9. The van der Waals surface area contributed by atoms with Gasteiger partial charge in [-0.15, -0.1) is 0 Å². The number of hydrogen-bond donors (Lipinski definition) is 1. The third-order valence-corrected chi connectivity index (χ3v) is 4.05. The molecule has 1 saturated heterocycles. The van der Waals surface area contributed by atoms with Gasteiger partial charge in [-0.05, 0) is 32.2 Å². The maximum atomic E-state index is 11.1. The van der Waals surface area contributed by atoms with Crippen molar-refractivity contribution in [1.29, 1.82) is 0 Å². The second-order valence-corrected chi connectivity index (χ2v) is 5.09. The summed E-state index contributed by atoms with van der Waals surface area (Å²) >= 11 is 0. The van der Waals surface area contributed by atoms with Crippen LogP contribution in [0.1, 0.15) is 39.0 Å². The molecule has 0 bridgehead atoms. The van der Waals surface area contributed by atoms with Gasteiger partial charge in [0.15, 0.2) is 0 Å². The number of carbonyl (C=O) groups excluding carboxylic acids is 1. The Morgan fingerprint density at radius 1 is 1.27 bits per heavy atom. The van der Waals surface area contributed by atoms with Gasteiger partial charge in [-0.25, -0.2) is 0 Å². The van der Waals surface area contributed by atoms with Gasteiger partial charge in [-0.2, -0.15) is 0 Å². The summed E-state index contributed by atoms with van der Waals surface area (Å²) in [6, 6.07) is 1.15. The van der Waals surface area contributed by atoms with Gasteiger partial charge in [-0.1, -0.05) is 12.8 Å². The molecule has 3 heteroatoms. The maximum absolute atomic E-state index is 11.1. The Hall–Kier alpha value is -0.570. The van der Waals surface area contributed by atoms with E-state index in [2.05, 4.69) is 17.3 Å². The van der Waals surface area contributed by atoms with Crippen LogP contribution < -0.4 is 5.32 Å². The Balaban J connectivity index is 2.03. The van der Waals surface area contributed by atoms with Crippen LogP contribution in [-0.4, -0.2) is 36.5 Å². The van der Waals surface area contributed by atoms with Gasteiger partial charge in [0, 0.05) is 25.6 Å². The number of carbonyl (C=O) groups is 1. The third-order valence-electron chi connectivity index (χ3n) is 4.05. The zero-order valence-electron chi connectivity index (χ0n) is 9.83. The van der Waals surface area contributed by atoms with Crippen molar-refractivity contribution in [2.24, 2.45) is 5.92 Å². The molecule has 3 atom stereocenters. The Labute approximate surface area is 92.2 Å². The van der Waals surface area contributed by atoms with Gasteiger partial charge in [-0.3, -0.25) is 4.79 Å². The summed E-state index contributed by atoms with van der Waals surface area (Å²) in [5, 5.41) is 3.14. The van der Waals surface area contributed by atoms with E-state index in [1.54, 1.807) is 6.92 Å². The van der Waals surface area contributed by atoms with Gasteiger partial charge in [0.2, 0.25) is 5.91 Å². The standard InChI is InChI=1S/C12H22N2O/c1-9(15)13-11-7-8-14(2)12-6-4-3-5-10(11)12/h10-12H,3-8H2,1-2H3,(H,13,15)/t10-,11+,12-/m0/s1. The average molecular weight is 210 g/mol. The van der Waals surface area contributed by atoms with Gasteiger partial charge >= 0.3 is 0 Å². The average Bonchev–Trinajstić information content (AvgIpc) is 2.22. The Morgan fingerprint density at radius 3 is 2.73 bits per heavy atom. The number of amides is 1. The molecule has 86 valence electrons. The lowest BCUT2D eigenvalue weighted by molar-refractivity contribution is -0.120. The summed E-state index contributed by atoms with van der Waals surface area (Å²) in [6.07, 6.45) is 6.43. The van der Waals surface area contributed by atoms with Crippen LogP contribution in [-0.2, 0) is 4.79 Å². The minimum absolute atomic E-state index is 0.133. The number of fused-ring (bicyclic) bond motifs is 1. The van der Waals surface area contributed by atoms with Crippen LogP contribution in [0.4, 0.5) is 0 Å². The van der Waals surface area contributed by atoms with E-state index in [-0.39, 0.29) is 5.91 Å². The summed E-state index contributed by atoms with van der Waals surface area (Å²) in [5.74, 6) is 0.829. The number of nitrogens with one attached hydrogen (secondary N) is 1. The minimum atomic E-state index is 0.133. The Kier molecular flexibility index (Phi) is 3.29. The number of nitrogens with zero attached hydrogens (tertiary/aromatic N) is 1. The minimum Gasteiger partial charge on any atom is -0.353 e. The van der Waals surface area contributed by atoms with E-state index in [9.17, 15) is 4.79 Å². The van der Waals surface area contributed by atoms with E-state index in [4.69, 9.17) is 0 Å². The molecule has 15 heavy (non-hydrogen) atoms. The van der Waals surface area contributed by atoms with Crippen molar-refractivity contribution in [2.45, 2.75) is 51.1 Å². The summed E-state index contributed by atoms with van der Waals surface area (Å²) in [6.45, 7) is 2.77. The van der Waals surface area contributed by atoms with Crippen LogP contribution in [0.2, 0.25) is 0 Å². The molecule has 2 fully saturated rings. The molecule has 1 aliphatic heterocycles. The van der Waals surface area contributed by atoms with Crippen molar-refractivity contribution in [2.75, 3.05) is 13.6 Å². The molecule has 1 saturated carbocycles. The molecular weight excluding hydrogens is 188 g/mol. The second-order valence-electron chi connectivity index (χ2n) is 5.09. The normalized spacial score (nSPS) is 37.1. The fourth-order valence-electron chi connectivity index (χ4n) is 3.32. The van der Waals surface area contributed by atoms with Crippen LogP contribution in [0.5, 0.6) is 0 Å². The van der Waals surface area contributed by atoms with Crippen LogP contribution >= 0.6 is 0 Å². The van der Waals surface area contributed by atoms with Crippen LogP contribution in [0.3, 0.4) is 0 Å². The van der Waals surface area contributed by atoms with E-state index in [0.29, 0.717) is 18.0 Å². The smallest absolute Gasteiger partial charge is 0.217 e. The van der Waals surface area contributed by atoms with Crippen molar-refractivity contribution in [1.82, 2.24) is 10.2 Å². The van der Waals surface area contributed by atoms with Gasteiger partial charge in [0.25, 0.3) is 0 Å². The highest BCUT2D eigenvalue weighted by molar-refractivity contribution is 5.73. The highest BCUT2D eigenvalue weighted by Gasteiger charge is 2.37. The van der Waals surface area contributed by atoms with Crippen molar-refractivity contribution >= 4 is 5.91 Å². The summed E-state index contributed by atoms with van der Waals surface area (Å²) < 4.78 is 0. The first-order valence-electron chi connectivity index (χ1n) is 6.16. The zero-order valence-corrected chi connectivity index (χ0v) is 9.83. The summed E-state index contributed by atoms with van der Waals surface area (Å²) in [5.41, 5.74) is 0. The van der Waals surface area contributed by atoms with Gasteiger partial charge in [0.05, 0.1) is 0 Å². The van der Waals surface area contributed by atoms with E-state index in [1.165, 1.54) is 25.7 Å². The lowest BCUT2D eigenvalue weighted by atomic mass is 9.75. The molecule has 1 amide bonds. The van der Waals surface area contributed by atoms with Crippen LogP contribution in [0, 0.1) is 5.92 Å². The molecule has 0 aromatic heterocycles. The Morgan fingerprint density at radius 2 is 2.00 bits per heavy atom. The molecule has 0 spiro atoms. The maximum Gasteiger partial charge on any atom is 0.217 e. The molecule has 0 unspecified atom stereocenters. The highest BCUT2D eigenvalue weighted by atomic mass is 16.1. The van der Waals surface area contributed by atoms with Crippen molar-refractivity contribution in [3.05, 3.63) is 0 Å². The van der Waals surface area contributed by atoms with Gasteiger partial charge < -0.3 is 10.2 Å². The molecule has 1 N–H and O–H groups in total. The molecular formula is C12H22N2O. The monoisotopic (exact) mass is 210 g/mol. The summed E-state index contributed by atoms with van der Waals surface area (Å²) in [4.78, 5) is 13.6. The zero-order chi connectivity index (χ0) is 10.8. The number of likely N-dealkylation sites (tertiary alicyclic amines) is 1. The van der Waals surface area contributed by atoms with Crippen molar-refractivity contribution in [3.63, 3.8) is 0 Å². The summed E-state index contributed by atoms with van der Waals surface area (Å²) in [7, 11) is 2.23. The van der Waals surface area contributed by atoms with E-state index in [1.807, 2.05) is 0 Å². The number of rotatable bonds is 1. The second kappa shape index (κ2) is 4.52. The van der Waals surface area contributed by atoms with Crippen molar-refractivity contribution in [3.8, 4) is 0 Å². The predicted molar refractivity (Wildman–Crippen MR) is 60.6 cm³/mol. The molecule has 0 radical (unpaired) electrons. The van der Waals surface area contributed by atoms with E-state index in [0.717, 1.165) is 13.0 Å². The van der Waals surface area contributed by atoms with E-state index >= 15 is 0 Å².